The molecule has 31 heavy (non-hydrogen) atoms. The zero-order valence-electron chi connectivity index (χ0n) is 18.4. The van der Waals surface area contributed by atoms with Crippen LogP contribution in [0.1, 0.15) is 29.3 Å². The maximum Gasteiger partial charge on any atom is 0.251 e. The number of aliphatic imine (C=N–C) groups is 1. The van der Waals surface area contributed by atoms with Crippen LogP contribution in [0.4, 0.5) is 0 Å². The molecule has 0 unspecified atom stereocenters. The summed E-state index contributed by atoms with van der Waals surface area (Å²) in [5, 5.41) is 9.23. The average molecular weight is 540 g/mol. The van der Waals surface area contributed by atoms with Crippen LogP contribution >= 0.6 is 24.0 Å². The number of benzene rings is 2. The summed E-state index contributed by atoms with van der Waals surface area (Å²) in [5.74, 6) is 2.28. The predicted octanol–water partition coefficient (Wildman–Crippen LogP) is 3.24. The quantitative estimate of drug-likeness (QED) is 0.177. The number of halogens is 1. The largest absolute Gasteiger partial charge is 0.497 e. The van der Waals surface area contributed by atoms with Crippen LogP contribution in [0, 0.1) is 0 Å². The summed E-state index contributed by atoms with van der Waals surface area (Å²) in [4.78, 5) is 16.3. The lowest BCUT2D eigenvalue weighted by Crippen LogP contribution is -2.38. The Bertz CT molecular complexity index is 830. The van der Waals surface area contributed by atoms with Crippen LogP contribution in [0.15, 0.2) is 53.5 Å². The first-order chi connectivity index (χ1) is 14.7. The molecule has 0 spiro atoms. The van der Waals surface area contributed by atoms with Crippen molar-refractivity contribution in [3.8, 4) is 11.5 Å². The fourth-order valence-corrected chi connectivity index (χ4v) is 2.82. The average Bonchev–Trinajstić information content (AvgIpc) is 2.78. The van der Waals surface area contributed by atoms with Gasteiger partial charge >= 0.3 is 0 Å². The second-order valence-electron chi connectivity index (χ2n) is 6.60. The number of amides is 1. The van der Waals surface area contributed by atoms with E-state index in [0.717, 1.165) is 49.0 Å². The van der Waals surface area contributed by atoms with Gasteiger partial charge in [-0.05, 0) is 43.2 Å². The molecule has 3 N–H and O–H groups in total. The molecule has 0 aromatic heterocycles. The Morgan fingerprint density at radius 1 is 1.06 bits per heavy atom. The number of carbonyl (C=O) groups is 1. The summed E-state index contributed by atoms with van der Waals surface area (Å²) >= 11 is 0. The number of hydrogen-bond acceptors (Lipinski definition) is 4. The fraction of sp³-hybridized carbons (Fsp3) is 0.391. The van der Waals surface area contributed by atoms with E-state index < -0.39 is 0 Å². The van der Waals surface area contributed by atoms with Crippen LogP contribution in [0.2, 0.25) is 0 Å². The molecule has 170 valence electrons. The molecule has 1 amide bonds. The van der Waals surface area contributed by atoms with Crippen LogP contribution < -0.4 is 25.4 Å². The van der Waals surface area contributed by atoms with Gasteiger partial charge in [0.25, 0.3) is 5.91 Å². The highest BCUT2D eigenvalue weighted by Crippen LogP contribution is 2.18. The van der Waals surface area contributed by atoms with Crippen molar-refractivity contribution in [3.05, 3.63) is 59.7 Å². The van der Waals surface area contributed by atoms with E-state index in [4.69, 9.17) is 9.47 Å². The number of rotatable bonds is 11. The first kappa shape index (κ1) is 26.5. The van der Waals surface area contributed by atoms with Gasteiger partial charge in [0, 0.05) is 44.7 Å². The smallest absolute Gasteiger partial charge is 0.251 e. The molecule has 0 aliphatic rings. The third kappa shape index (κ3) is 9.91. The van der Waals surface area contributed by atoms with E-state index in [1.165, 1.54) is 0 Å². The van der Waals surface area contributed by atoms with Crippen molar-refractivity contribution >= 4 is 35.8 Å². The molecule has 0 saturated carbocycles. The number of nitrogens with zero attached hydrogens (tertiary/aromatic N) is 1. The number of methoxy groups -OCH3 is 1. The lowest BCUT2D eigenvalue weighted by atomic mass is 10.1. The van der Waals surface area contributed by atoms with Gasteiger partial charge in [-0.3, -0.25) is 9.79 Å². The molecule has 0 atom stereocenters. The topological polar surface area (TPSA) is 84.0 Å². The van der Waals surface area contributed by atoms with Gasteiger partial charge in [0.2, 0.25) is 0 Å². The highest BCUT2D eigenvalue weighted by atomic mass is 127. The number of nitrogens with one attached hydrogen (secondary N) is 3. The Morgan fingerprint density at radius 3 is 2.58 bits per heavy atom. The standard InChI is InChI=1S/C23H32N4O3.HI/c1-4-25-23(26-13-7-15-30-21-11-6-10-20(17-21)29-3)27-14-12-18-8-5-9-19(16-18)22(28)24-2;/h5-6,8-11,16-17H,4,7,12-15H2,1-3H3,(H,24,28)(H2,25,26,27);1H. The van der Waals surface area contributed by atoms with Crippen molar-refractivity contribution in [2.75, 3.05) is 40.4 Å². The first-order valence-electron chi connectivity index (χ1n) is 10.3. The van der Waals surface area contributed by atoms with Crippen LogP contribution in [-0.2, 0) is 6.42 Å². The number of hydrogen-bond donors (Lipinski definition) is 3. The van der Waals surface area contributed by atoms with Gasteiger partial charge in [-0.25, -0.2) is 0 Å². The SMILES string of the molecule is CCNC(=NCCCOc1cccc(OC)c1)NCCc1cccc(C(=O)NC)c1.I. The van der Waals surface area contributed by atoms with E-state index >= 15 is 0 Å². The Labute approximate surface area is 202 Å². The van der Waals surface area contributed by atoms with Crippen molar-refractivity contribution < 1.29 is 14.3 Å². The third-order valence-electron chi connectivity index (χ3n) is 4.35. The van der Waals surface area contributed by atoms with Gasteiger partial charge in [-0.2, -0.15) is 0 Å². The van der Waals surface area contributed by atoms with E-state index in [-0.39, 0.29) is 29.9 Å². The molecule has 0 aliphatic heterocycles. The second kappa shape index (κ2) is 15.3. The number of guanidine groups is 1. The first-order valence-corrected chi connectivity index (χ1v) is 10.3. The maximum absolute atomic E-state index is 11.8. The number of ether oxygens (including phenoxy) is 2. The minimum absolute atomic E-state index is 0. The summed E-state index contributed by atoms with van der Waals surface area (Å²) in [6.45, 7) is 4.80. The Kier molecular flexibility index (Phi) is 13.1. The maximum atomic E-state index is 11.8. The molecular weight excluding hydrogens is 507 g/mol. The van der Waals surface area contributed by atoms with Gasteiger partial charge in [-0.15, -0.1) is 24.0 Å². The van der Waals surface area contributed by atoms with E-state index in [2.05, 4.69) is 20.9 Å². The van der Waals surface area contributed by atoms with Crippen molar-refractivity contribution in [3.63, 3.8) is 0 Å². The van der Waals surface area contributed by atoms with Gasteiger partial charge in [0.05, 0.1) is 13.7 Å². The molecule has 2 aromatic rings. The third-order valence-corrected chi connectivity index (χ3v) is 4.35. The molecule has 0 radical (unpaired) electrons. The summed E-state index contributed by atoms with van der Waals surface area (Å²) < 4.78 is 10.9. The molecule has 2 rings (SSSR count). The van der Waals surface area contributed by atoms with E-state index in [1.807, 2.05) is 55.5 Å². The minimum Gasteiger partial charge on any atom is -0.497 e. The molecule has 2 aromatic carbocycles. The van der Waals surface area contributed by atoms with Gasteiger partial charge in [0.1, 0.15) is 11.5 Å². The molecule has 0 fully saturated rings. The molecule has 0 aliphatic carbocycles. The summed E-state index contributed by atoms with van der Waals surface area (Å²) in [7, 11) is 3.28. The van der Waals surface area contributed by atoms with Gasteiger partial charge in [-0.1, -0.05) is 18.2 Å². The van der Waals surface area contributed by atoms with E-state index in [1.54, 1.807) is 14.2 Å². The minimum atomic E-state index is -0.0733. The van der Waals surface area contributed by atoms with Crippen LogP contribution in [0.5, 0.6) is 11.5 Å². The van der Waals surface area contributed by atoms with Crippen molar-refractivity contribution in [2.24, 2.45) is 4.99 Å². The molecule has 7 nitrogen and oxygen atoms in total. The predicted molar refractivity (Wildman–Crippen MR) is 136 cm³/mol. The molecule has 0 bridgehead atoms. The molecule has 8 heteroatoms. The molecule has 0 saturated heterocycles. The van der Waals surface area contributed by atoms with E-state index in [0.29, 0.717) is 18.7 Å². The zero-order valence-corrected chi connectivity index (χ0v) is 20.8. The Hall–Kier alpha value is -2.49. The lowest BCUT2D eigenvalue weighted by Gasteiger charge is -2.12. The summed E-state index contributed by atoms with van der Waals surface area (Å²) in [6.07, 6.45) is 1.61. The van der Waals surface area contributed by atoms with Crippen LogP contribution in [-0.4, -0.2) is 52.3 Å². The zero-order chi connectivity index (χ0) is 21.6. The van der Waals surface area contributed by atoms with Gasteiger partial charge < -0.3 is 25.4 Å². The van der Waals surface area contributed by atoms with Crippen LogP contribution in [0.25, 0.3) is 0 Å². The van der Waals surface area contributed by atoms with Crippen molar-refractivity contribution in [2.45, 2.75) is 19.8 Å². The Morgan fingerprint density at radius 2 is 1.84 bits per heavy atom. The summed E-state index contributed by atoms with van der Waals surface area (Å²) in [6, 6.07) is 15.2. The number of carbonyl (C=O) groups excluding carboxylic acids is 1. The molecular formula is C23H33IN4O3. The van der Waals surface area contributed by atoms with Gasteiger partial charge in [0.15, 0.2) is 5.96 Å². The fourth-order valence-electron chi connectivity index (χ4n) is 2.82. The van der Waals surface area contributed by atoms with Crippen LogP contribution in [0.3, 0.4) is 0 Å². The molecule has 0 heterocycles. The normalized spacial score (nSPS) is 10.6. The van der Waals surface area contributed by atoms with E-state index in [9.17, 15) is 4.79 Å². The van der Waals surface area contributed by atoms with Crippen molar-refractivity contribution in [1.29, 1.82) is 0 Å². The lowest BCUT2D eigenvalue weighted by molar-refractivity contribution is 0.0963. The van der Waals surface area contributed by atoms with Crippen molar-refractivity contribution in [1.82, 2.24) is 16.0 Å². The summed E-state index contributed by atoms with van der Waals surface area (Å²) in [5.41, 5.74) is 1.78. The Balaban J connectivity index is 0.00000480. The highest BCUT2D eigenvalue weighted by Gasteiger charge is 2.04. The second-order valence-corrected chi connectivity index (χ2v) is 6.60. The highest BCUT2D eigenvalue weighted by molar-refractivity contribution is 14.0. The monoisotopic (exact) mass is 540 g/mol.